The fraction of sp³-hybridized carbons (Fsp3) is 0.424. The molecule has 1 amide bonds. The average Bonchev–Trinajstić information content (AvgIpc) is 3.38. The number of aliphatic hydroxyl groups is 1. The maximum absolute atomic E-state index is 14.3. The van der Waals surface area contributed by atoms with Crippen molar-refractivity contribution in [2.75, 3.05) is 33.4 Å². The molecule has 2 aromatic carbocycles. The Labute approximate surface area is 259 Å². The Kier molecular flexibility index (Phi) is 7.92. The molecule has 12 heteroatoms. The van der Waals surface area contributed by atoms with Crippen molar-refractivity contribution in [1.82, 2.24) is 24.2 Å². The van der Waals surface area contributed by atoms with Gasteiger partial charge in [0.15, 0.2) is 5.76 Å². The molecule has 5 aromatic rings. The van der Waals surface area contributed by atoms with Crippen molar-refractivity contribution < 1.29 is 28.2 Å². The SMILES string of the molecule is COc1cc(C(=O)N2C[C@H](N)C[C@@H](F)C2)cc2oc(-c3cc4cccc(OCCn5cncn5)c4n3CC3CC3)c(CCO)c12. The summed E-state index contributed by atoms with van der Waals surface area (Å²) in [5.74, 6) is 2.04. The van der Waals surface area contributed by atoms with Crippen molar-refractivity contribution >= 4 is 27.8 Å². The number of aliphatic hydroxyl groups excluding tert-OH is 1. The molecular weight excluding hydrogens is 579 g/mol. The van der Waals surface area contributed by atoms with Gasteiger partial charge in [-0.25, -0.2) is 14.1 Å². The molecule has 0 radical (unpaired) electrons. The predicted octanol–water partition coefficient (Wildman–Crippen LogP) is 4.19. The van der Waals surface area contributed by atoms with Gasteiger partial charge in [-0.3, -0.25) is 4.79 Å². The maximum Gasteiger partial charge on any atom is 0.254 e. The number of halogens is 1. The van der Waals surface area contributed by atoms with Crippen molar-refractivity contribution in [3.8, 4) is 23.0 Å². The molecule has 1 saturated carbocycles. The van der Waals surface area contributed by atoms with E-state index in [1.807, 2.05) is 12.1 Å². The van der Waals surface area contributed by atoms with E-state index in [-0.39, 0.29) is 32.0 Å². The first kappa shape index (κ1) is 29.3. The molecule has 0 spiro atoms. The molecule has 0 bridgehead atoms. The first-order chi connectivity index (χ1) is 21.9. The number of para-hydroxylation sites is 1. The lowest BCUT2D eigenvalue weighted by Gasteiger charge is -2.33. The number of piperidine rings is 1. The number of alkyl halides is 1. The Morgan fingerprint density at radius 3 is 2.80 bits per heavy atom. The minimum atomic E-state index is -1.17. The molecule has 3 N–H and O–H groups in total. The summed E-state index contributed by atoms with van der Waals surface area (Å²) in [6.45, 7) is 1.95. The first-order valence-electron chi connectivity index (χ1n) is 15.4. The summed E-state index contributed by atoms with van der Waals surface area (Å²) in [7, 11) is 1.54. The quantitative estimate of drug-likeness (QED) is 0.226. The number of aromatic nitrogens is 4. The Balaban J connectivity index is 1.32. The molecule has 1 aliphatic carbocycles. The van der Waals surface area contributed by atoms with Crippen molar-refractivity contribution in [3.05, 3.63) is 60.2 Å². The molecule has 11 nitrogen and oxygen atoms in total. The zero-order valence-electron chi connectivity index (χ0n) is 25.2. The maximum atomic E-state index is 14.3. The standard InChI is InChI=1S/C33H37FN6O5/c1-43-28-12-22(33(42)38-16-23(34)14-24(35)17-38)13-29-30(28)25(7-9-41)32(45-29)26-11-21-3-2-4-27(31(21)40(26)15-20-5-6-20)44-10-8-39-19-36-18-37-39/h2-4,11-13,18-20,23-24,41H,5-10,14-17,35H2,1H3/t23-,24-/m1/s1. The molecule has 2 atom stereocenters. The second-order valence-electron chi connectivity index (χ2n) is 12.0. The summed E-state index contributed by atoms with van der Waals surface area (Å²) >= 11 is 0. The number of benzene rings is 2. The van der Waals surface area contributed by atoms with Crippen LogP contribution >= 0.6 is 0 Å². The van der Waals surface area contributed by atoms with Gasteiger partial charge >= 0.3 is 0 Å². The van der Waals surface area contributed by atoms with Gasteiger partial charge in [-0.2, -0.15) is 5.10 Å². The van der Waals surface area contributed by atoms with Gasteiger partial charge in [0.05, 0.1) is 36.8 Å². The smallest absolute Gasteiger partial charge is 0.254 e. The lowest BCUT2D eigenvalue weighted by molar-refractivity contribution is 0.0606. The first-order valence-corrected chi connectivity index (χ1v) is 15.4. The zero-order valence-corrected chi connectivity index (χ0v) is 25.2. The van der Waals surface area contributed by atoms with Crippen molar-refractivity contribution in [1.29, 1.82) is 0 Å². The van der Waals surface area contributed by atoms with Gasteiger partial charge in [0.1, 0.15) is 42.5 Å². The Morgan fingerprint density at radius 2 is 2.07 bits per heavy atom. The van der Waals surface area contributed by atoms with Crippen molar-refractivity contribution in [2.45, 2.75) is 51.0 Å². The van der Waals surface area contributed by atoms with E-state index in [0.717, 1.165) is 47.3 Å². The number of ether oxygens (including phenoxy) is 2. The van der Waals surface area contributed by atoms with Crippen LogP contribution in [0.15, 0.2) is 53.5 Å². The van der Waals surface area contributed by atoms with Crippen molar-refractivity contribution in [3.63, 3.8) is 0 Å². The van der Waals surface area contributed by atoms with E-state index < -0.39 is 12.2 Å². The molecule has 45 heavy (non-hydrogen) atoms. The third-order valence-electron chi connectivity index (χ3n) is 8.70. The van der Waals surface area contributed by atoms with Crippen LogP contribution in [0.25, 0.3) is 33.3 Å². The fourth-order valence-corrected chi connectivity index (χ4v) is 6.46. The molecule has 7 rings (SSSR count). The van der Waals surface area contributed by atoms with Gasteiger partial charge in [-0.1, -0.05) is 12.1 Å². The Hall–Kier alpha value is -4.42. The number of furan rings is 1. The topological polar surface area (TPSA) is 134 Å². The number of likely N-dealkylation sites (tertiary alicyclic amines) is 1. The largest absolute Gasteiger partial charge is 0.496 e. The van der Waals surface area contributed by atoms with Crippen LogP contribution < -0.4 is 15.2 Å². The Morgan fingerprint density at radius 1 is 1.20 bits per heavy atom. The van der Waals surface area contributed by atoms with E-state index in [0.29, 0.717) is 53.5 Å². The summed E-state index contributed by atoms with van der Waals surface area (Å²) < 4.78 is 37.0. The van der Waals surface area contributed by atoms with E-state index in [2.05, 4.69) is 26.8 Å². The minimum Gasteiger partial charge on any atom is -0.496 e. The lowest BCUT2D eigenvalue weighted by atomic mass is 10.0. The van der Waals surface area contributed by atoms with Crippen LogP contribution in [-0.2, 0) is 19.5 Å². The van der Waals surface area contributed by atoms with Gasteiger partial charge in [0, 0.05) is 48.7 Å². The number of amides is 1. The molecule has 1 aliphatic heterocycles. The van der Waals surface area contributed by atoms with E-state index in [4.69, 9.17) is 19.6 Å². The van der Waals surface area contributed by atoms with Crippen LogP contribution in [0.3, 0.4) is 0 Å². The summed E-state index contributed by atoms with van der Waals surface area (Å²) in [5.41, 5.74) is 9.44. The molecule has 0 unspecified atom stereocenters. The number of fused-ring (bicyclic) bond motifs is 2. The summed E-state index contributed by atoms with van der Waals surface area (Å²) in [6, 6.07) is 11.0. The van der Waals surface area contributed by atoms with Gasteiger partial charge < -0.3 is 34.2 Å². The average molecular weight is 617 g/mol. The molecule has 4 heterocycles. The van der Waals surface area contributed by atoms with E-state index in [9.17, 15) is 14.3 Å². The number of nitrogens with zero attached hydrogens (tertiary/aromatic N) is 5. The number of carbonyl (C=O) groups is 1. The number of methoxy groups -OCH3 is 1. The van der Waals surface area contributed by atoms with E-state index >= 15 is 0 Å². The number of rotatable bonds is 11. The highest BCUT2D eigenvalue weighted by atomic mass is 19.1. The van der Waals surface area contributed by atoms with Gasteiger partial charge in [0.2, 0.25) is 0 Å². The lowest BCUT2D eigenvalue weighted by Crippen LogP contribution is -2.50. The highest BCUT2D eigenvalue weighted by Crippen LogP contribution is 2.44. The molecular formula is C33H37FN6O5. The van der Waals surface area contributed by atoms with E-state index in [1.54, 1.807) is 30.3 Å². The molecule has 1 saturated heterocycles. The van der Waals surface area contributed by atoms with Crippen molar-refractivity contribution in [2.24, 2.45) is 11.7 Å². The fourth-order valence-electron chi connectivity index (χ4n) is 6.46. The van der Waals surface area contributed by atoms with Gasteiger partial charge in [0.25, 0.3) is 5.91 Å². The van der Waals surface area contributed by atoms with Crippen LogP contribution in [0, 0.1) is 5.92 Å². The normalized spacial score (nSPS) is 18.6. The van der Waals surface area contributed by atoms with Crippen LogP contribution in [-0.4, -0.2) is 80.9 Å². The highest BCUT2D eigenvalue weighted by Gasteiger charge is 2.31. The molecule has 3 aromatic heterocycles. The summed E-state index contributed by atoms with van der Waals surface area (Å²) in [6.07, 6.45) is 4.86. The third-order valence-corrected chi connectivity index (χ3v) is 8.70. The number of nitrogens with two attached hydrogens (primary N) is 1. The molecule has 2 fully saturated rings. The monoisotopic (exact) mass is 616 g/mol. The minimum absolute atomic E-state index is 0.00341. The number of carbonyl (C=O) groups excluding carboxylic acids is 1. The second kappa shape index (κ2) is 12.2. The predicted molar refractivity (Wildman–Crippen MR) is 166 cm³/mol. The van der Waals surface area contributed by atoms with Crippen LogP contribution in [0.2, 0.25) is 0 Å². The van der Waals surface area contributed by atoms with Gasteiger partial charge in [-0.15, -0.1) is 0 Å². The van der Waals surface area contributed by atoms with Gasteiger partial charge in [-0.05, 0) is 49.4 Å². The van der Waals surface area contributed by atoms with Crippen LogP contribution in [0.5, 0.6) is 11.5 Å². The number of hydrogen-bond acceptors (Lipinski definition) is 8. The third kappa shape index (κ3) is 5.75. The Bertz CT molecular complexity index is 1820. The summed E-state index contributed by atoms with van der Waals surface area (Å²) in [4.78, 5) is 19.0. The zero-order chi connectivity index (χ0) is 31.1. The molecule has 236 valence electrons. The summed E-state index contributed by atoms with van der Waals surface area (Å²) in [5, 5.41) is 16.0. The second-order valence-corrected chi connectivity index (χ2v) is 12.0. The molecule has 2 aliphatic rings. The highest BCUT2D eigenvalue weighted by molar-refractivity contribution is 6.02. The van der Waals surface area contributed by atoms with Crippen LogP contribution in [0.4, 0.5) is 4.39 Å². The number of hydrogen-bond donors (Lipinski definition) is 2. The van der Waals surface area contributed by atoms with Crippen LogP contribution in [0.1, 0.15) is 35.2 Å². The van der Waals surface area contributed by atoms with E-state index in [1.165, 1.54) is 11.2 Å².